The van der Waals surface area contributed by atoms with Crippen LogP contribution in [0.3, 0.4) is 0 Å². The molecule has 0 saturated heterocycles. The first-order chi connectivity index (χ1) is 8.21. The smallest absolute Gasteiger partial charge is 0.0728 e. The molecule has 2 unspecified atom stereocenters. The number of likely N-dealkylation sites (N-methyl/N-ethyl adjacent to an activating group) is 1. The van der Waals surface area contributed by atoms with E-state index in [4.69, 9.17) is 4.74 Å². The lowest BCUT2D eigenvalue weighted by Gasteiger charge is -2.26. The van der Waals surface area contributed by atoms with E-state index in [-0.39, 0.29) is 6.10 Å². The van der Waals surface area contributed by atoms with Crippen LogP contribution in [-0.2, 0) is 11.2 Å². The summed E-state index contributed by atoms with van der Waals surface area (Å²) in [5.41, 5.74) is 1.34. The van der Waals surface area contributed by atoms with Crippen LogP contribution in [0.4, 0.5) is 0 Å². The van der Waals surface area contributed by atoms with Crippen LogP contribution in [-0.4, -0.2) is 25.8 Å². The molecule has 2 atom stereocenters. The quantitative estimate of drug-likeness (QED) is 0.833. The fraction of sp³-hybridized carbons (Fsp3) is 0.571. The summed E-state index contributed by atoms with van der Waals surface area (Å²) < 4.78 is 6.89. The Morgan fingerprint density at radius 2 is 1.88 bits per heavy atom. The Kier molecular flexibility index (Phi) is 6.78. The molecule has 0 spiro atoms. The van der Waals surface area contributed by atoms with Gasteiger partial charge in [0, 0.05) is 17.1 Å². The van der Waals surface area contributed by atoms with Crippen LogP contribution in [0.5, 0.6) is 0 Å². The van der Waals surface area contributed by atoms with Crippen LogP contribution in [0.2, 0.25) is 0 Å². The predicted octanol–water partition coefficient (Wildman–Crippen LogP) is 3.39. The summed E-state index contributed by atoms with van der Waals surface area (Å²) in [6, 6.07) is 8.87. The molecule has 0 amide bonds. The minimum absolute atomic E-state index is 0.286. The van der Waals surface area contributed by atoms with Crippen molar-refractivity contribution >= 4 is 15.9 Å². The van der Waals surface area contributed by atoms with E-state index in [1.54, 1.807) is 0 Å². The van der Waals surface area contributed by atoms with Gasteiger partial charge in [0.1, 0.15) is 0 Å². The third kappa shape index (κ3) is 4.78. The Morgan fingerprint density at radius 1 is 1.24 bits per heavy atom. The van der Waals surface area contributed by atoms with Crippen LogP contribution in [0, 0.1) is 0 Å². The number of nitrogens with one attached hydrogen (secondary N) is 1. The highest BCUT2D eigenvalue weighted by Gasteiger charge is 2.18. The van der Waals surface area contributed by atoms with Gasteiger partial charge in [0.15, 0.2) is 0 Å². The molecule has 0 heterocycles. The van der Waals surface area contributed by atoms with Crippen molar-refractivity contribution in [3.8, 4) is 0 Å². The summed E-state index contributed by atoms with van der Waals surface area (Å²) in [6.07, 6.45) is 2.33. The Bertz CT molecular complexity index is 313. The van der Waals surface area contributed by atoms with Gasteiger partial charge < -0.3 is 10.1 Å². The van der Waals surface area contributed by atoms with E-state index in [9.17, 15) is 0 Å². The van der Waals surface area contributed by atoms with Gasteiger partial charge in [-0.15, -0.1) is 0 Å². The van der Waals surface area contributed by atoms with Crippen LogP contribution < -0.4 is 5.32 Å². The van der Waals surface area contributed by atoms with E-state index in [1.165, 1.54) is 5.56 Å². The minimum atomic E-state index is 0.286. The number of hydrogen-bond acceptors (Lipinski definition) is 2. The summed E-state index contributed by atoms with van der Waals surface area (Å²) >= 11 is 3.46. The normalized spacial score (nSPS) is 14.6. The van der Waals surface area contributed by atoms with Crippen molar-refractivity contribution in [2.75, 3.05) is 13.7 Å². The second-order valence-corrected chi connectivity index (χ2v) is 5.04. The number of rotatable bonds is 7. The monoisotopic (exact) mass is 299 g/mol. The van der Waals surface area contributed by atoms with Crippen molar-refractivity contribution in [3.05, 3.63) is 34.3 Å². The van der Waals surface area contributed by atoms with Gasteiger partial charge in [0.05, 0.1) is 6.10 Å². The summed E-state index contributed by atoms with van der Waals surface area (Å²) in [4.78, 5) is 0. The molecule has 1 rings (SSSR count). The molecular formula is C14H22BrNO. The minimum Gasteiger partial charge on any atom is -0.377 e. The summed E-state index contributed by atoms with van der Waals surface area (Å²) in [7, 11) is 2.01. The molecule has 1 aromatic carbocycles. The summed E-state index contributed by atoms with van der Waals surface area (Å²) in [5, 5.41) is 3.36. The maximum Gasteiger partial charge on any atom is 0.0728 e. The predicted molar refractivity (Wildman–Crippen MR) is 76.4 cm³/mol. The Labute approximate surface area is 113 Å². The fourth-order valence-corrected chi connectivity index (χ4v) is 2.29. The largest absolute Gasteiger partial charge is 0.377 e. The summed E-state index contributed by atoms with van der Waals surface area (Å²) in [6.45, 7) is 5.00. The van der Waals surface area contributed by atoms with E-state index in [1.807, 2.05) is 7.05 Å². The van der Waals surface area contributed by atoms with Crippen molar-refractivity contribution in [2.24, 2.45) is 0 Å². The highest BCUT2D eigenvalue weighted by atomic mass is 79.9. The molecule has 0 saturated carbocycles. The topological polar surface area (TPSA) is 21.3 Å². The van der Waals surface area contributed by atoms with Crippen molar-refractivity contribution in [1.82, 2.24) is 5.32 Å². The van der Waals surface area contributed by atoms with Gasteiger partial charge in [0.2, 0.25) is 0 Å². The van der Waals surface area contributed by atoms with Crippen LogP contribution in [0.25, 0.3) is 0 Å². The molecule has 0 aliphatic heterocycles. The zero-order valence-corrected chi connectivity index (χ0v) is 12.5. The van der Waals surface area contributed by atoms with Gasteiger partial charge in [-0.3, -0.25) is 0 Å². The number of hydrogen-bond donors (Lipinski definition) is 1. The zero-order valence-electron chi connectivity index (χ0n) is 10.9. The average Bonchev–Trinajstić information content (AvgIpc) is 2.36. The Morgan fingerprint density at radius 3 is 2.35 bits per heavy atom. The molecule has 17 heavy (non-hydrogen) atoms. The van der Waals surface area contributed by atoms with E-state index in [2.05, 4.69) is 59.4 Å². The third-order valence-corrected chi connectivity index (χ3v) is 3.50. The number of benzene rings is 1. The lowest BCUT2D eigenvalue weighted by molar-refractivity contribution is 0.0339. The molecular weight excluding hydrogens is 278 g/mol. The molecule has 0 radical (unpaired) electrons. The second-order valence-electron chi connectivity index (χ2n) is 4.13. The fourth-order valence-electron chi connectivity index (χ4n) is 2.03. The molecule has 0 aliphatic rings. The van der Waals surface area contributed by atoms with E-state index >= 15 is 0 Å². The van der Waals surface area contributed by atoms with Gasteiger partial charge in [-0.2, -0.15) is 0 Å². The molecule has 0 aromatic heterocycles. The Hall–Kier alpha value is -0.380. The van der Waals surface area contributed by atoms with Gasteiger partial charge in [-0.1, -0.05) is 35.0 Å². The standard InChI is InChI=1S/C14H22BrNO/c1-4-14(17-5-2)13(16-3)10-11-6-8-12(15)9-7-11/h6-9,13-14,16H,4-5,10H2,1-3H3. The zero-order chi connectivity index (χ0) is 12.7. The molecule has 2 nitrogen and oxygen atoms in total. The molecule has 0 aliphatic carbocycles. The first-order valence-electron chi connectivity index (χ1n) is 6.24. The average molecular weight is 300 g/mol. The van der Waals surface area contributed by atoms with Crippen molar-refractivity contribution in [3.63, 3.8) is 0 Å². The molecule has 0 fully saturated rings. The lowest BCUT2D eigenvalue weighted by Crippen LogP contribution is -2.40. The first kappa shape index (κ1) is 14.7. The number of halogens is 1. The van der Waals surface area contributed by atoms with Crippen molar-refractivity contribution in [1.29, 1.82) is 0 Å². The first-order valence-corrected chi connectivity index (χ1v) is 7.03. The van der Waals surface area contributed by atoms with Gasteiger partial charge in [0.25, 0.3) is 0 Å². The van der Waals surface area contributed by atoms with Gasteiger partial charge >= 0.3 is 0 Å². The lowest BCUT2D eigenvalue weighted by atomic mass is 10.00. The van der Waals surface area contributed by atoms with E-state index in [0.29, 0.717) is 6.04 Å². The van der Waals surface area contributed by atoms with E-state index < -0.39 is 0 Å². The van der Waals surface area contributed by atoms with Crippen molar-refractivity contribution in [2.45, 2.75) is 38.8 Å². The van der Waals surface area contributed by atoms with Crippen LogP contribution in [0.1, 0.15) is 25.8 Å². The molecule has 1 aromatic rings. The molecule has 96 valence electrons. The van der Waals surface area contributed by atoms with E-state index in [0.717, 1.165) is 23.9 Å². The third-order valence-electron chi connectivity index (χ3n) is 2.97. The summed E-state index contributed by atoms with van der Waals surface area (Å²) in [5.74, 6) is 0. The maximum absolute atomic E-state index is 5.77. The van der Waals surface area contributed by atoms with Crippen LogP contribution in [0.15, 0.2) is 28.7 Å². The SMILES string of the molecule is CCOC(CC)C(Cc1ccc(Br)cc1)NC. The number of ether oxygens (including phenoxy) is 1. The van der Waals surface area contributed by atoms with Gasteiger partial charge in [-0.05, 0) is 44.5 Å². The molecule has 0 bridgehead atoms. The van der Waals surface area contributed by atoms with Crippen LogP contribution >= 0.6 is 15.9 Å². The maximum atomic E-state index is 5.77. The Balaban J connectivity index is 2.64. The molecule has 3 heteroatoms. The second kappa shape index (κ2) is 7.85. The van der Waals surface area contributed by atoms with Gasteiger partial charge in [-0.25, -0.2) is 0 Å². The van der Waals surface area contributed by atoms with Crippen molar-refractivity contribution < 1.29 is 4.74 Å². The highest BCUT2D eigenvalue weighted by Crippen LogP contribution is 2.14. The molecule has 1 N–H and O–H groups in total. The highest BCUT2D eigenvalue weighted by molar-refractivity contribution is 9.10.